The monoisotopic (exact) mass is 343 g/mol. The first-order valence-corrected chi connectivity index (χ1v) is 8.10. The minimum absolute atomic E-state index is 0.0626. The molecule has 0 aliphatic carbocycles. The third-order valence-corrected chi connectivity index (χ3v) is 3.37. The predicted molar refractivity (Wildman–Crippen MR) is 95.7 cm³/mol. The summed E-state index contributed by atoms with van der Waals surface area (Å²) in [5.41, 5.74) is 2.21. The van der Waals surface area contributed by atoms with Crippen molar-refractivity contribution in [3.63, 3.8) is 0 Å². The van der Waals surface area contributed by atoms with Crippen molar-refractivity contribution in [3.8, 4) is 0 Å². The van der Waals surface area contributed by atoms with Gasteiger partial charge in [-0.15, -0.1) is 0 Å². The molecule has 25 heavy (non-hydrogen) atoms. The quantitative estimate of drug-likeness (QED) is 0.754. The number of carbonyl (C=O) groups excluding carboxylic acids is 2. The molecule has 0 fully saturated rings. The molecule has 2 aromatic rings. The van der Waals surface area contributed by atoms with Crippen molar-refractivity contribution >= 4 is 17.6 Å². The number of hydrogen-bond donors (Lipinski definition) is 3. The standard InChI is InChI=1S/C19H22FN3O2/c1-13(2)22-19(25)23-17-8-6-14(7-9-17)12-21-18(24)11-15-4-3-5-16(20)10-15/h3-10,13H,11-12H2,1-2H3,(H,21,24)(H2,22,23,25). The molecule has 0 radical (unpaired) electrons. The third-order valence-electron chi connectivity index (χ3n) is 3.37. The van der Waals surface area contributed by atoms with Gasteiger partial charge in [-0.25, -0.2) is 9.18 Å². The smallest absolute Gasteiger partial charge is 0.319 e. The Morgan fingerprint density at radius 3 is 2.40 bits per heavy atom. The van der Waals surface area contributed by atoms with E-state index in [1.165, 1.54) is 12.1 Å². The van der Waals surface area contributed by atoms with Gasteiger partial charge in [0.25, 0.3) is 0 Å². The van der Waals surface area contributed by atoms with Gasteiger partial charge in [-0.1, -0.05) is 24.3 Å². The van der Waals surface area contributed by atoms with E-state index in [0.717, 1.165) is 5.56 Å². The number of halogens is 1. The normalized spacial score (nSPS) is 10.4. The fourth-order valence-electron chi connectivity index (χ4n) is 2.23. The van der Waals surface area contributed by atoms with Crippen LogP contribution in [0.15, 0.2) is 48.5 Å². The van der Waals surface area contributed by atoms with E-state index in [4.69, 9.17) is 0 Å². The zero-order valence-corrected chi connectivity index (χ0v) is 14.3. The van der Waals surface area contributed by atoms with E-state index in [0.29, 0.717) is 17.8 Å². The lowest BCUT2D eigenvalue weighted by molar-refractivity contribution is -0.120. The lowest BCUT2D eigenvalue weighted by Gasteiger charge is -2.11. The van der Waals surface area contributed by atoms with Crippen LogP contribution in [-0.4, -0.2) is 18.0 Å². The predicted octanol–water partition coefficient (Wildman–Crippen LogP) is 3.21. The summed E-state index contributed by atoms with van der Waals surface area (Å²) in [5, 5.41) is 8.26. The van der Waals surface area contributed by atoms with E-state index in [-0.39, 0.29) is 30.2 Å². The van der Waals surface area contributed by atoms with Crippen LogP contribution in [-0.2, 0) is 17.8 Å². The number of anilines is 1. The summed E-state index contributed by atoms with van der Waals surface area (Å²) in [6, 6.07) is 13.0. The highest BCUT2D eigenvalue weighted by Crippen LogP contribution is 2.10. The molecule has 2 rings (SSSR count). The number of hydrogen-bond acceptors (Lipinski definition) is 2. The lowest BCUT2D eigenvalue weighted by atomic mass is 10.1. The first kappa shape index (κ1) is 18.4. The molecule has 0 unspecified atom stereocenters. The molecule has 2 aromatic carbocycles. The second kappa shape index (κ2) is 8.82. The van der Waals surface area contributed by atoms with Crippen molar-refractivity contribution in [2.75, 3.05) is 5.32 Å². The molecule has 0 aliphatic rings. The molecule has 6 heteroatoms. The van der Waals surface area contributed by atoms with Gasteiger partial charge in [0.05, 0.1) is 6.42 Å². The number of carbonyl (C=O) groups is 2. The van der Waals surface area contributed by atoms with Crippen molar-refractivity contribution in [1.82, 2.24) is 10.6 Å². The lowest BCUT2D eigenvalue weighted by Crippen LogP contribution is -2.34. The molecule has 0 heterocycles. The van der Waals surface area contributed by atoms with Gasteiger partial charge in [0.15, 0.2) is 0 Å². The maximum absolute atomic E-state index is 13.1. The highest BCUT2D eigenvalue weighted by atomic mass is 19.1. The summed E-state index contributed by atoms with van der Waals surface area (Å²) in [4.78, 5) is 23.5. The Kier molecular flexibility index (Phi) is 6.51. The van der Waals surface area contributed by atoms with Gasteiger partial charge >= 0.3 is 6.03 Å². The molecule has 0 aromatic heterocycles. The zero-order chi connectivity index (χ0) is 18.2. The van der Waals surface area contributed by atoms with E-state index in [1.54, 1.807) is 24.3 Å². The first-order valence-electron chi connectivity index (χ1n) is 8.10. The van der Waals surface area contributed by atoms with Gasteiger partial charge in [-0.2, -0.15) is 0 Å². The van der Waals surface area contributed by atoms with E-state index in [2.05, 4.69) is 16.0 Å². The van der Waals surface area contributed by atoms with Gasteiger partial charge in [0.1, 0.15) is 5.82 Å². The average Bonchev–Trinajstić information content (AvgIpc) is 2.53. The Morgan fingerprint density at radius 1 is 1.04 bits per heavy atom. The molecule has 0 bridgehead atoms. The number of rotatable bonds is 6. The Morgan fingerprint density at radius 2 is 1.76 bits per heavy atom. The minimum Gasteiger partial charge on any atom is -0.352 e. The second-order valence-corrected chi connectivity index (χ2v) is 6.03. The molecular weight excluding hydrogens is 321 g/mol. The van der Waals surface area contributed by atoms with E-state index in [9.17, 15) is 14.0 Å². The topological polar surface area (TPSA) is 70.2 Å². The average molecular weight is 343 g/mol. The van der Waals surface area contributed by atoms with Crippen molar-refractivity contribution in [2.24, 2.45) is 0 Å². The van der Waals surface area contributed by atoms with Crippen LogP contribution in [0.2, 0.25) is 0 Å². The van der Waals surface area contributed by atoms with Crippen LogP contribution in [0, 0.1) is 5.82 Å². The largest absolute Gasteiger partial charge is 0.352 e. The highest BCUT2D eigenvalue weighted by molar-refractivity contribution is 5.89. The second-order valence-electron chi connectivity index (χ2n) is 6.03. The van der Waals surface area contributed by atoms with E-state index >= 15 is 0 Å². The third kappa shape index (κ3) is 6.63. The Bertz CT molecular complexity index is 730. The van der Waals surface area contributed by atoms with Crippen LogP contribution < -0.4 is 16.0 Å². The number of benzene rings is 2. The summed E-state index contributed by atoms with van der Waals surface area (Å²) < 4.78 is 13.1. The van der Waals surface area contributed by atoms with E-state index in [1.807, 2.05) is 26.0 Å². The number of amides is 3. The van der Waals surface area contributed by atoms with Gasteiger partial charge in [-0.05, 0) is 49.2 Å². The SMILES string of the molecule is CC(C)NC(=O)Nc1ccc(CNC(=O)Cc2cccc(F)c2)cc1. The van der Waals surface area contributed by atoms with Crippen LogP contribution in [0.1, 0.15) is 25.0 Å². The van der Waals surface area contributed by atoms with Gasteiger partial charge in [0, 0.05) is 18.3 Å². The van der Waals surface area contributed by atoms with Gasteiger partial charge in [0.2, 0.25) is 5.91 Å². The summed E-state index contributed by atoms with van der Waals surface area (Å²) in [6.07, 6.45) is 0.132. The van der Waals surface area contributed by atoms with E-state index < -0.39 is 0 Å². The van der Waals surface area contributed by atoms with Crippen molar-refractivity contribution in [2.45, 2.75) is 32.9 Å². The molecule has 0 saturated carbocycles. The summed E-state index contributed by atoms with van der Waals surface area (Å²) >= 11 is 0. The van der Waals surface area contributed by atoms with Gasteiger partial charge in [-0.3, -0.25) is 4.79 Å². The number of urea groups is 1. The van der Waals surface area contributed by atoms with Crippen LogP contribution in [0.4, 0.5) is 14.9 Å². The summed E-state index contributed by atoms with van der Waals surface area (Å²) in [7, 11) is 0. The number of nitrogens with one attached hydrogen (secondary N) is 3. The maximum Gasteiger partial charge on any atom is 0.319 e. The molecule has 3 amide bonds. The van der Waals surface area contributed by atoms with Gasteiger partial charge < -0.3 is 16.0 Å². The van der Waals surface area contributed by atoms with Crippen LogP contribution in [0.25, 0.3) is 0 Å². The zero-order valence-electron chi connectivity index (χ0n) is 14.3. The van der Waals surface area contributed by atoms with Crippen molar-refractivity contribution in [1.29, 1.82) is 0 Å². The molecule has 3 N–H and O–H groups in total. The Balaban J connectivity index is 1.81. The Hall–Kier alpha value is -2.89. The molecule has 0 atom stereocenters. The minimum atomic E-state index is -0.352. The van der Waals surface area contributed by atoms with Crippen molar-refractivity contribution in [3.05, 3.63) is 65.5 Å². The fourth-order valence-corrected chi connectivity index (χ4v) is 2.23. The first-order chi connectivity index (χ1) is 11.9. The van der Waals surface area contributed by atoms with Crippen molar-refractivity contribution < 1.29 is 14.0 Å². The molecule has 132 valence electrons. The summed E-state index contributed by atoms with van der Waals surface area (Å²) in [5.74, 6) is -0.529. The molecule has 0 aliphatic heterocycles. The van der Waals surface area contributed by atoms with Crippen LogP contribution in [0.3, 0.4) is 0 Å². The molecule has 0 saturated heterocycles. The van der Waals surface area contributed by atoms with Crippen LogP contribution >= 0.6 is 0 Å². The Labute approximate surface area is 146 Å². The highest BCUT2D eigenvalue weighted by Gasteiger charge is 2.06. The maximum atomic E-state index is 13.1. The molecule has 0 spiro atoms. The molecular formula is C19H22FN3O2. The summed E-state index contributed by atoms with van der Waals surface area (Å²) in [6.45, 7) is 4.14. The fraction of sp³-hybridized carbons (Fsp3) is 0.263. The van der Waals surface area contributed by atoms with Crippen LogP contribution in [0.5, 0.6) is 0 Å². The molecule has 5 nitrogen and oxygen atoms in total.